The lowest BCUT2D eigenvalue weighted by Crippen LogP contribution is -2.00. The predicted octanol–water partition coefficient (Wildman–Crippen LogP) is 6.88. The fraction of sp³-hybridized carbons (Fsp3) is 0.250. The molecule has 0 atom stereocenters. The predicted molar refractivity (Wildman–Crippen MR) is 108 cm³/mol. The minimum absolute atomic E-state index is 0.594. The van der Waals surface area contributed by atoms with E-state index < -0.39 is 0 Å². The van der Waals surface area contributed by atoms with Crippen molar-refractivity contribution in [2.24, 2.45) is 0 Å². The van der Waals surface area contributed by atoms with Crippen molar-refractivity contribution in [3.8, 4) is 16.9 Å². The number of rotatable bonds is 4. The van der Waals surface area contributed by atoms with Crippen molar-refractivity contribution in [3.63, 3.8) is 0 Å². The van der Waals surface area contributed by atoms with E-state index in [0.717, 1.165) is 5.75 Å². The highest BCUT2D eigenvalue weighted by Crippen LogP contribution is 2.27. The summed E-state index contributed by atoms with van der Waals surface area (Å²) in [5.74, 6) is 0.958. The van der Waals surface area contributed by atoms with Crippen LogP contribution in [0.2, 0.25) is 0 Å². The third-order valence-electron chi connectivity index (χ3n) is 4.24. The van der Waals surface area contributed by atoms with Gasteiger partial charge < -0.3 is 4.74 Å². The van der Waals surface area contributed by atoms with E-state index >= 15 is 0 Å². The highest BCUT2D eigenvalue weighted by molar-refractivity contribution is 5.68. The molecule has 0 heterocycles. The van der Waals surface area contributed by atoms with Crippen LogP contribution in [0.15, 0.2) is 66.7 Å². The Balaban J connectivity index is 0.00000109. The Kier molecular flexibility index (Phi) is 6.82. The molecule has 0 amide bonds. The van der Waals surface area contributed by atoms with Gasteiger partial charge in [0, 0.05) is 0 Å². The van der Waals surface area contributed by atoms with Crippen LogP contribution in [0, 0.1) is 20.8 Å². The van der Waals surface area contributed by atoms with Gasteiger partial charge in [-0.15, -0.1) is 0 Å². The van der Waals surface area contributed by atoms with Crippen molar-refractivity contribution >= 4 is 0 Å². The van der Waals surface area contributed by atoms with Gasteiger partial charge in [0.15, 0.2) is 0 Å². The zero-order chi connectivity index (χ0) is 18.2. The van der Waals surface area contributed by atoms with Crippen LogP contribution in [-0.4, -0.2) is 0 Å². The van der Waals surface area contributed by atoms with Crippen molar-refractivity contribution in [1.82, 2.24) is 0 Å². The second-order valence-corrected chi connectivity index (χ2v) is 6.01. The van der Waals surface area contributed by atoms with Crippen LogP contribution in [0.4, 0.5) is 0 Å². The Morgan fingerprint density at radius 1 is 0.760 bits per heavy atom. The molecule has 0 N–H and O–H groups in total. The third-order valence-corrected chi connectivity index (χ3v) is 4.24. The third kappa shape index (κ3) is 4.73. The summed E-state index contributed by atoms with van der Waals surface area (Å²) in [7, 11) is 0. The minimum atomic E-state index is 0.594. The maximum Gasteiger partial charge on any atom is 0.122 e. The van der Waals surface area contributed by atoms with E-state index in [2.05, 4.69) is 81.4 Å². The largest absolute Gasteiger partial charge is 0.489 e. The van der Waals surface area contributed by atoms with Crippen molar-refractivity contribution in [2.45, 2.75) is 41.2 Å². The topological polar surface area (TPSA) is 9.23 Å². The number of hydrogen-bond acceptors (Lipinski definition) is 1. The van der Waals surface area contributed by atoms with Gasteiger partial charge in [0.05, 0.1) is 0 Å². The first-order chi connectivity index (χ1) is 12.1. The number of benzene rings is 3. The first kappa shape index (κ1) is 18.8. The SMILES string of the molecule is CC.Cc1ccc(OCc2cccc(-c3ccccc3)c2C)c(C)c1. The molecule has 0 radical (unpaired) electrons. The Hall–Kier alpha value is -2.54. The van der Waals surface area contributed by atoms with Gasteiger partial charge in [0.25, 0.3) is 0 Å². The Morgan fingerprint density at radius 3 is 2.16 bits per heavy atom. The van der Waals surface area contributed by atoms with Gasteiger partial charge in [-0.1, -0.05) is 80.1 Å². The average molecular weight is 332 g/mol. The highest BCUT2D eigenvalue weighted by atomic mass is 16.5. The number of aryl methyl sites for hydroxylation is 2. The first-order valence-corrected chi connectivity index (χ1v) is 8.99. The lowest BCUT2D eigenvalue weighted by atomic mass is 9.97. The van der Waals surface area contributed by atoms with Gasteiger partial charge in [-0.05, 0) is 54.7 Å². The minimum Gasteiger partial charge on any atom is -0.489 e. The molecule has 0 aromatic heterocycles. The summed E-state index contributed by atoms with van der Waals surface area (Å²) in [5, 5.41) is 0. The molecule has 3 aromatic rings. The van der Waals surface area contributed by atoms with Crippen LogP contribution in [0.5, 0.6) is 5.75 Å². The summed E-state index contributed by atoms with van der Waals surface area (Å²) in [4.78, 5) is 0. The summed E-state index contributed by atoms with van der Waals surface area (Å²) in [6.07, 6.45) is 0. The maximum atomic E-state index is 6.05. The second-order valence-electron chi connectivity index (χ2n) is 6.01. The van der Waals surface area contributed by atoms with Gasteiger partial charge in [-0.3, -0.25) is 0 Å². The van der Waals surface area contributed by atoms with Crippen LogP contribution in [0.1, 0.15) is 36.1 Å². The van der Waals surface area contributed by atoms with E-state index in [1.165, 1.54) is 33.4 Å². The van der Waals surface area contributed by atoms with Gasteiger partial charge in [-0.25, -0.2) is 0 Å². The van der Waals surface area contributed by atoms with Crippen LogP contribution < -0.4 is 4.74 Å². The quantitative estimate of drug-likeness (QED) is 0.506. The van der Waals surface area contributed by atoms with Crippen molar-refractivity contribution in [1.29, 1.82) is 0 Å². The van der Waals surface area contributed by atoms with E-state index in [-0.39, 0.29) is 0 Å². The molecule has 130 valence electrons. The smallest absolute Gasteiger partial charge is 0.122 e. The van der Waals surface area contributed by atoms with Gasteiger partial charge in [0.1, 0.15) is 12.4 Å². The molecular weight excluding hydrogens is 304 g/mol. The molecular formula is C24H28O. The van der Waals surface area contributed by atoms with E-state index in [1.54, 1.807) is 0 Å². The molecule has 0 aliphatic rings. The van der Waals surface area contributed by atoms with Crippen LogP contribution >= 0.6 is 0 Å². The second kappa shape index (κ2) is 9.08. The molecule has 3 aromatic carbocycles. The fourth-order valence-electron chi connectivity index (χ4n) is 2.89. The lowest BCUT2D eigenvalue weighted by Gasteiger charge is -2.14. The zero-order valence-electron chi connectivity index (χ0n) is 16.0. The fourth-order valence-corrected chi connectivity index (χ4v) is 2.89. The van der Waals surface area contributed by atoms with E-state index in [1.807, 2.05) is 19.9 Å². The molecule has 0 aliphatic heterocycles. The molecule has 0 saturated heterocycles. The summed E-state index contributed by atoms with van der Waals surface area (Å²) in [5.41, 5.74) is 7.47. The molecule has 25 heavy (non-hydrogen) atoms. The van der Waals surface area contributed by atoms with Gasteiger partial charge in [0.2, 0.25) is 0 Å². The first-order valence-electron chi connectivity index (χ1n) is 8.99. The van der Waals surface area contributed by atoms with Crippen molar-refractivity contribution in [2.75, 3.05) is 0 Å². The summed E-state index contributed by atoms with van der Waals surface area (Å²) < 4.78 is 6.05. The molecule has 0 saturated carbocycles. The zero-order valence-corrected chi connectivity index (χ0v) is 16.0. The number of hydrogen-bond donors (Lipinski definition) is 0. The summed E-state index contributed by atoms with van der Waals surface area (Å²) >= 11 is 0. The molecule has 1 heteroatoms. The highest BCUT2D eigenvalue weighted by Gasteiger charge is 2.07. The van der Waals surface area contributed by atoms with Gasteiger partial charge in [-0.2, -0.15) is 0 Å². The van der Waals surface area contributed by atoms with E-state index in [4.69, 9.17) is 4.74 Å². The monoisotopic (exact) mass is 332 g/mol. The van der Waals surface area contributed by atoms with Crippen LogP contribution in [0.25, 0.3) is 11.1 Å². The molecule has 0 unspecified atom stereocenters. The maximum absolute atomic E-state index is 6.05. The van der Waals surface area contributed by atoms with Crippen LogP contribution in [0.3, 0.4) is 0 Å². The Bertz CT molecular complexity index is 804. The van der Waals surface area contributed by atoms with Crippen LogP contribution in [-0.2, 0) is 6.61 Å². The summed E-state index contributed by atoms with van der Waals surface area (Å²) in [6.45, 7) is 11.0. The van der Waals surface area contributed by atoms with E-state index in [9.17, 15) is 0 Å². The average Bonchev–Trinajstić information content (AvgIpc) is 2.64. The molecule has 1 nitrogen and oxygen atoms in total. The van der Waals surface area contributed by atoms with E-state index in [0.29, 0.717) is 6.61 Å². The molecule has 0 aliphatic carbocycles. The lowest BCUT2D eigenvalue weighted by molar-refractivity contribution is 0.303. The summed E-state index contributed by atoms with van der Waals surface area (Å²) in [6, 6.07) is 23.2. The van der Waals surface area contributed by atoms with Crippen molar-refractivity contribution in [3.05, 3.63) is 89.0 Å². The Labute approximate surface area is 152 Å². The molecule has 0 spiro atoms. The van der Waals surface area contributed by atoms with Crippen molar-refractivity contribution < 1.29 is 4.74 Å². The molecule has 3 rings (SSSR count). The van der Waals surface area contributed by atoms with Gasteiger partial charge >= 0.3 is 0 Å². The molecule has 0 fully saturated rings. The molecule has 0 bridgehead atoms. The number of ether oxygens (including phenoxy) is 1. The normalized spacial score (nSPS) is 9.96. The Morgan fingerprint density at radius 2 is 1.48 bits per heavy atom. The standard InChI is InChI=1S/C22H22O.C2H6/c1-16-12-13-22(17(2)14-16)23-15-20-10-7-11-21(18(20)3)19-8-5-4-6-9-19;1-2/h4-14H,15H2,1-3H3;1-2H3.